The molecule has 1 aromatic heterocycles. The number of aromatic nitrogens is 3. The lowest BCUT2D eigenvalue weighted by molar-refractivity contribution is -0.123. The fourth-order valence-electron chi connectivity index (χ4n) is 5.06. The number of hydrogen-bond acceptors (Lipinski definition) is 4. The third kappa shape index (κ3) is 4.73. The third-order valence-corrected chi connectivity index (χ3v) is 6.76. The predicted molar refractivity (Wildman–Crippen MR) is 106 cm³/mol. The van der Waals surface area contributed by atoms with Crippen LogP contribution in [0.2, 0.25) is 0 Å². The van der Waals surface area contributed by atoms with E-state index in [1.165, 1.54) is 32.1 Å². The zero-order chi connectivity index (χ0) is 19.3. The maximum atomic E-state index is 12.4. The summed E-state index contributed by atoms with van der Waals surface area (Å²) in [5.74, 6) is 0.828. The average Bonchev–Trinajstić information content (AvgIpc) is 3.41. The largest absolute Gasteiger partial charge is 0.353 e. The summed E-state index contributed by atoms with van der Waals surface area (Å²) in [5.41, 5.74) is 0.463. The van der Waals surface area contributed by atoms with Gasteiger partial charge in [-0.3, -0.25) is 9.59 Å². The molecule has 3 aliphatic rings. The van der Waals surface area contributed by atoms with Crippen LogP contribution >= 0.6 is 0 Å². The molecular formula is C21H33N5O2. The van der Waals surface area contributed by atoms with E-state index in [-0.39, 0.29) is 23.9 Å². The first-order valence-electron chi connectivity index (χ1n) is 11.2. The van der Waals surface area contributed by atoms with Gasteiger partial charge in [-0.1, -0.05) is 24.5 Å². The summed E-state index contributed by atoms with van der Waals surface area (Å²) in [7, 11) is 0. The summed E-state index contributed by atoms with van der Waals surface area (Å²) < 4.78 is 1.86. The van der Waals surface area contributed by atoms with Crippen LogP contribution < -0.4 is 5.32 Å². The third-order valence-electron chi connectivity index (χ3n) is 6.76. The van der Waals surface area contributed by atoms with E-state index in [0.29, 0.717) is 18.0 Å². The molecule has 1 aromatic rings. The molecular weight excluding hydrogens is 354 g/mol. The number of carbonyl (C=O) groups excluding carboxylic acids is 2. The normalized spacial score (nSPS) is 26.4. The minimum Gasteiger partial charge on any atom is -0.353 e. The topological polar surface area (TPSA) is 80.1 Å². The van der Waals surface area contributed by atoms with Gasteiger partial charge in [-0.25, -0.2) is 4.68 Å². The van der Waals surface area contributed by atoms with Crippen molar-refractivity contribution in [2.24, 2.45) is 5.92 Å². The maximum absolute atomic E-state index is 12.4. The minimum absolute atomic E-state index is 0.00686. The summed E-state index contributed by atoms with van der Waals surface area (Å²) in [6.07, 6.45) is 14.9. The van der Waals surface area contributed by atoms with Crippen molar-refractivity contribution in [2.45, 2.75) is 89.1 Å². The molecule has 3 fully saturated rings. The smallest absolute Gasteiger partial charge is 0.276 e. The van der Waals surface area contributed by atoms with Crippen molar-refractivity contribution in [1.29, 1.82) is 0 Å². The van der Waals surface area contributed by atoms with Gasteiger partial charge in [-0.2, -0.15) is 0 Å². The molecule has 0 bridgehead atoms. The fourth-order valence-corrected chi connectivity index (χ4v) is 5.06. The van der Waals surface area contributed by atoms with Gasteiger partial charge in [0.2, 0.25) is 5.91 Å². The summed E-state index contributed by atoms with van der Waals surface area (Å²) >= 11 is 0. The Hall–Kier alpha value is -1.92. The van der Waals surface area contributed by atoms with E-state index in [1.54, 1.807) is 0 Å². The zero-order valence-electron chi connectivity index (χ0n) is 16.8. The molecule has 0 spiro atoms. The molecule has 1 saturated heterocycles. The number of carbonyl (C=O) groups is 2. The lowest BCUT2D eigenvalue weighted by Gasteiger charge is -2.29. The predicted octanol–water partition coefficient (Wildman–Crippen LogP) is 3.08. The van der Waals surface area contributed by atoms with Crippen molar-refractivity contribution < 1.29 is 9.59 Å². The van der Waals surface area contributed by atoms with Crippen molar-refractivity contribution in [2.75, 3.05) is 13.1 Å². The highest BCUT2D eigenvalue weighted by Crippen LogP contribution is 2.29. The molecule has 7 nitrogen and oxygen atoms in total. The first-order valence-corrected chi connectivity index (χ1v) is 11.2. The Morgan fingerprint density at radius 3 is 2.39 bits per heavy atom. The SMILES string of the molecule is O=C(CC1CCCCC1)NC1CCC(n2cc(C(=O)N3CCCC3)nn2)CC1. The second-order valence-corrected chi connectivity index (χ2v) is 8.86. The molecule has 0 radical (unpaired) electrons. The molecule has 0 aromatic carbocycles. The highest BCUT2D eigenvalue weighted by atomic mass is 16.2. The summed E-state index contributed by atoms with van der Waals surface area (Å²) in [4.78, 5) is 26.7. The van der Waals surface area contributed by atoms with Gasteiger partial charge in [-0.15, -0.1) is 5.10 Å². The zero-order valence-corrected chi connectivity index (χ0v) is 16.8. The van der Waals surface area contributed by atoms with E-state index in [4.69, 9.17) is 0 Å². The first kappa shape index (κ1) is 19.4. The molecule has 154 valence electrons. The monoisotopic (exact) mass is 387 g/mol. The van der Waals surface area contributed by atoms with Crippen LogP contribution in [-0.2, 0) is 4.79 Å². The van der Waals surface area contributed by atoms with Gasteiger partial charge in [0.25, 0.3) is 5.91 Å². The van der Waals surface area contributed by atoms with E-state index in [0.717, 1.165) is 51.6 Å². The number of hydrogen-bond donors (Lipinski definition) is 1. The van der Waals surface area contributed by atoms with Gasteiger partial charge in [0, 0.05) is 25.6 Å². The molecule has 0 unspecified atom stereocenters. The standard InChI is InChI=1S/C21H33N5O2/c27-20(14-16-6-2-1-3-7-16)22-17-8-10-18(11-9-17)26-15-19(23-24-26)21(28)25-12-4-5-13-25/h15-18H,1-14H2,(H,22,27). The molecule has 2 heterocycles. The van der Waals surface area contributed by atoms with Crippen LogP contribution in [0, 0.1) is 5.92 Å². The van der Waals surface area contributed by atoms with Crippen LogP contribution in [0.15, 0.2) is 6.20 Å². The Morgan fingerprint density at radius 2 is 1.68 bits per heavy atom. The first-order chi connectivity index (χ1) is 13.7. The number of nitrogens with zero attached hydrogens (tertiary/aromatic N) is 4. The van der Waals surface area contributed by atoms with Gasteiger partial charge in [0.1, 0.15) is 0 Å². The molecule has 1 N–H and O–H groups in total. The summed E-state index contributed by atoms with van der Waals surface area (Å²) in [6.45, 7) is 1.66. The van der Waals surface area contributed by atoms with Crippen molar-refractivity contribution in [3.8, 4) is 0 Å². The van der Waals surface area contributed by atoms with Crippen LogP contribution in [0.1, 0.15) is 93.6 Å². The van der Waals surface area contributed by atoms with E-state index in [1.807, 2.05) is 15.8 Å². The Labute approximate surface area is 167 Å². The van der Waals surface area contributed by atoms with Gasteiger partial charge >= 0.3 is 0 Å². The van der Waals surface area contributed by atoms with E-state index in [2.05, 4.69) is 15.6 Å². The van der Waals surface area contributed by atoms with Crippen molar-refractivity contribution in [3.63, 3.8) is 0 Å². The van der Waals surface area contributed by atoms with Crippen molar-refractivity contribution in [3.05, 3.63) is 11.9 Å². The highest BCUT2D eigenvalue weighted by molar-refractivity contribution is 5.92. The number of amides is 2. The van der Waals surface area contributed by atoms with Crippen molar-refractivity contribution >= 4 is 11.8 Å². The van der Waals surface area contributed by atoms with E-state index < -0.39 is 0 Å². The summed E-state index contributed by atoms with van der Waals surface area (Å²) in [5, 5.41) is 11.6. The molecule has 2 amide bonds. The van der Waals surface area contributed by atoms with Crippen LogP contribution in [-0.4, -0.2) is 50.8 Å². The number of likely N-dealkylation sites (tertiary alicyclic amines) is 1. The molecule has 28 heavy (non-hydrogen) atoms. The second kappa shape index (κ2) is 9.05. The maximum Gasteiger partial charge on any atom is 0.276 e. The van der Waals surface area contributed by atoms with E-state index >= 15 is 0 Å². The van der Waals surface area contributed by atoms with Crippen LogP contribution in [0.4, 0.5) is 0 Å². The number of nitrogens with one attached hydrogen (secondary N) is 1. The molecule has 2 saturated carbocycles. The second-order valence-electron chi connectivity index (χ2n) is 8.86. The Balaban J connectivity index is 1.23. The van der Waals surface area contributed by atoms with Crippen LogP contribution in [0.3, 0.4) is 0 Å². The molecule has 1 aliphatic heterocycles. The lowest BCUT2D eigenvalue weighted by atomic mass is 9.86. The molecule has 4 rings (SSSR count). The van der Waals surface area contributed by atoms with E-state index in [9.17, 15) is 9.59 Å². The average molecular weight is 388 g/mol. The number of rotatable bonds is 5. The highest BCUT2D eigenvalue weighted by Gasteiger charge is 2.27. The van der Waals surface area contributed by atoms with Gasteiger partial charge in [0.05, 0.1) is 12.2 Å². The molecule has 0 atom stereocenters. The lowest BCUT2D eigenvalue weighted by Crippen LogP contribution is -2.38. The van der Waals surface area contributed by atoms with Gasteiger partial charge < -0.3 is 10.2 Å². The van der Waals surface area contributed by atoms with Crippen molar-refractivity contribution in [1.82, 2.24) is 25.2 Å². The Morgan fingerprint density at radius 1 is 0.964 bits per heavy atom. The van der Waals surface area contributed by atoms with Crippen LogP contribution in [0.25, 0.3) is 0 Å². The van der Waals surface area contributed by atoms with Gasteiger partial charge in [0.15, 0.2) is 5.69 Å². The molecule has 2 aliphatic carbocycles. The quantitative estimate of drug-likeness (QED) is 0.842. The Kier molecular flexibility index (Phi) is 6.27. The summed E-state index contributed by atoms with van der Waals surface area (Å²) in [6, 6.07) is 0.556. The van der Waals surface area contributed by atoms with Gasteiger partial charge in [-0.05, 0) is 57.3 Å². The van der Waals surface area contributed by atoms with Crippen LogP contribution in [0.5, 0.6) is 0 Å². The fraction of sp³-hybridized carbons (Fsp3) is 0.810. The molecule has 7 heteroatoms. The Bertz CT molecular complexity index is 668. The minimum atomic E-state index is 0.00686.